The van der Waals surface area contributed by atoms with Crippen molar-refractivity contribution in [1.82, 2.24) is 10.4 Å². The van der Waals surface area contributed by atoms with E-state index in [0.29, 0.717) is 19.5 Å². The molecule has 0 spiro atoms. The number of hydrazine groups is 1. The SMILES string of the molecule is CC(C)(C)OC(=O)NN1CC[C@H](OS(C)(=O)=O)C1. The highest BCUT2D eigenvalue weighted by Crippen LogP contribution is 2.13. The van der Waals surface area contributed by atoms with Crippen LogP contribution < -0.4 is 5.43 Å². The molecule has 1 aliphatic heterocycles. The zero-order valence-electron chi connectivity index (χ0n) is 11.1. The number of hydrogen-bond acceptors (Lipinski definition) is 6. The van der Waals surface area contributed by atoms with Crippen LogP contribution >= 0.6 is 0 Å². The van der Waals surface area contributed by atoms with Gasteiger partial charge in [0, 0.05) is 13.1 Å². The molecule has 1 saturated heterocycles. The molecule has 1 rings (SSSR count). The molecular formula is C10H20N2O5S. The Labute approximate surface area is 108 Å². The van der Waals surface area contributed by atoms with Crippen LogP contribution in [-0.2, 0) is 19.0 Å². The molecule has 0 aliphatic carbocycles. The molecule has 1 fully saturated rings. The van der Waals surface area contributed by atoms with Gasteiger partial charge in [0.15, 0.2) is 0 Å². The van der Waals surface area contributed by atoms with E-state index in [-0.39, 0.29) is 0 Å². The lowest BCUT2D eigenvalue weighted by atomic mass is 10.2. The van der Waals surface area contributed by atoms with E-state index < -0.39 is 27.9 Å². The summed E-state index contributed by atoms with van der Waals surface area (Å²) in [6.07, 6.45) is 0.581. The Hall–Kier alpha value is -0.860. The van der Waals surface area contributed by atoms with Gasteiger partial charge in [0.25, 0.3) is 10.1 Å². The van der Waals surface area contributed by atoms with E-state index in [1.54, 1.807) is 25.8 Å². The Kier molecular flexibility index (Phi) is 4.57. The first-order valence-corrected chi connectivity index (χ1v) is 7.50. The van der Waals surface area contributed by atoms with E-state index in [1.807, 2.05) is 0 Å². The summed E-state index contributed by atoms with van der Waals surface area (Å²) < 4.78 is 31.8. The van der Waals surface area contributed by atoms with Crippen LogP contribution in [0.15, 0.2) is 0 Å². The highest BCUT2D eigenvalue weighted by Gasteiger charge is 2.28. The molecule has 0 aromatic carbocycles. The minimum atomic E-state index is -3.46. The lowest BCUT2D eigenvalue weighted by Gasteiger charge is -2.23. The molecule has 8 heteroatoms. The van der Waals surface area contributed by atoms with E-state index in [0.717, 1.165) is 6.26 Å². The van der Waals surface area contributed by atoms with Crippen molar-refractivity contribution in [3.63, 3.8) is 0 Å². The van der Waals surface area contributed by atoms with Crippen molar-refractivity contribution in [2.24, 2.45) is 0 Å². The molecule has 1 N–H and O–H groups in total. The van der Waals surface area contributed by atoms with Crippen molar-refractivity contribution in [3.8, 4) is 0 Å². The smallest absolute Gasteiger partial charge is 0.422 e. The highest BCUT2D eigenvalue weighted by molar-refractivity contribution is 7.86. The van der Waals surface area contributed by atoms with Crippen molar-refractivity contribution in [3.05, 3.63) is 0 Å². The van der Waals surface area contributed by atoms with E-state index in [1.165, 1.54) is 0 Å². The second kappa shape index (κ2) is 5.41. The zero-order chi connectivity index (χ0) is 14.0. The molecule has 1 amide bonds. The van der Waals surface area contributed by atoms with E-state index >= 15 is 0 Å². The summed E-state index contributed by atoms with van der Waals surface area (Å²) >= 11 is 0. The van der Waals surface area contributed by atoms with Crippen LogP contribution in [0, 0.1) is 0 Å². The van der Waals surface area contributed by atoms with Crippen LogP contribution in [0.5, 0.6) is 0 Å². The predicted octanol–water partition coefficient (Wildman–Crippen LogP) is 0.477. The number of carbonyl (C=O) groups excluding carboxylic acids is 1. The summed E-state index contributed by atoms with van der Waals surface area (Å²) in [5.41, 5.74) is 1.99. The van der Waals surface area contributed by atoms with Gasteiger partial charge in [0.2, 0.25) is 0 Å². The number of amides is 1. The topological polar surface area (TPSA) is 84.9 Å². The van der Waals surface area contributed by atoms with Gasteiger partial charge < -0.3 is 4.74 Å². The molecule has 0 bridgehead atoms. The number of nitrogens with zero attached hydrogens (tertiary/aromatic N) is 1. The van der Waals surface area contributed by atoms with Crippen LogP contribution in [0.25, 0.3) is 0 Å². The van der Waals surface area contributed by atoms with Gasteiger partial charge in [-0.1, -0.05) is 0 Å². The fourth-order valence-electron chi connectivity index (χ4n) is 1.59. The summed E-state index contributed by atoms with van der Waals surface area (Å²) in [5.74, 6) is 0. The maximum Gasteiger partial charge on any atom is 0.422 e. The fourth-order valence-corrected chi connectivity index (χ4v) is 2.24. The first kappa shape index (κ1) is 15.2. The Morgan fingerprint density at radius 2 is 2.00 bits per heavy atom. The Balaban J connectivity index is 2.37. The Morgan fingerprint density at radius 3 is 2.50 bits per heavy atom. The van der Waals surface area contributed by atoms with Gasteiger partial charge in [-0.25, -0.2) is 9.80 Å². The van der Waals surface area contributed by atoms with E-state index in [4.69, 9.17) is 8.92 Å². The molecule has 1 aliphatic rings. The average Bonchev–Trinajstić information content (AvgIpc) is 2.44. The van der Waals surface area contributed by atoms with Crippen LogP contribution in [0.4, 0.5) is 4.79 Å². The molecule has 106 valence electrons. The van der Waals surface area contributed by atoms with Crippen molar-refractivity contribution < 1.29 is 22.1 Å². The molecule has 0 aromatic rings. The number of hydrogen-bond donors (Lipinski definition) is 1. The van der Waals surface area contributed by atoms with Crippen LogP contribution in [-0.4, -0.2) is 50.6 Å². The Morgan fingerprint density at radius 1 is 1.39 bits per heavy atom. The summed E-state index contributed by atoms with van der Waals surface area (Å²) in [6.45, 7) is 6.16. The summed E-state index contributed by atoms with van der Waals surface area (Å²) in [4.78, 5) is 11.5. The molecule has 1 heterocycles. The van der Waals surface area contributed by atoms with E-state index in [9.17, 15) is 13.2 Å². The second-order valence-electron chi connectivity index (χ2n) is 5.27. The maximum atomic E-state index is 11.5. The third-order valence-electron chi connectivity index (χ3n) is 2.10. The Bertz CT molecular complexity index is 401. The molecule has 0 radical (unpaired) electrons. The summed E-state index contributed by atoms with van der Waals surface area (Å²) in [5, 5.41) is 1.59. The number of carbonyl (C=O) groups is 1. The van der Waals surface area contributed by atoms with Gasteiger partial charge in [-0.15, -0.1) is 0 Å². The number of rotatable bonds is 3. The third-order valence-corrected chi connectivity index (χ3v) is 2.73. The maximum absolute atomic E-state index is 11.5. The molecule has 7 nitrogen and oxygen atoms in total. The quantitative estimate of drug-likeness (QED) is 0.757. The lowest BCUT2D eigenvalue weighted by molar-refractivity contribution is 0.0353. The molecule has 0 aromatic heterocycles. The van der Waals surface area contributed by atoms with Crippen molar-refractivity contribution >= 4 is 16.2 Å². The van der Waals surface area contributed by atoms with Crippen molar-refractivity contribution in [1.29, 1.82) is 0 Å². The fraction of sp³-hybridized carbons (Fsp3) is 0.900. The normalized spacial score (nSPS) is 21.9. The van der Waals surface area contributed by atoms with Gasteiger partial charge in [0.05, 0.1) is 12.4 Å². The zero-order valence-corrected chi connectivity index (χ0v) is 11.9. The first-order chi connectivity index (χ1) is 8.05. The minimum Gasteiger partial charge on any atom is -0.443 e. The van der Waals surface area contributed by atoms with Crippen LogP contribution in [0.2, 0.25) is 0 Å². The van der Waals surface area contributed by atoms with E-state index in [2.05, 4.69) is 5.43 Å². The lowest BCUT2D eigenvalue weighted by Crippen LogP contribution is -2.44. The monoisotopic (exact) mass is 280 g/mol. The number of nitrogens with one attached hydrogen (secondary N) is 1. The molecule has 1 atom stereocenters. The van der Waals surface area contributed by atoms with Gasteiger partial charge in [-0.05, 0) is 27.2 Å². The van der Waals surface area contributed by atoms with Gasteiger partial charge in [-0.3, -0.25) is 9.61 Å². The minimum absolute atomic E-state index is 0.326. The first-order valence-electron chi connectivity index (χ1n) is 5.68. The van der Waals surface area contributed by atoms with Crippen molar-refractivity contribution in [2.45, 2.75) is 38.9 Å². The highest BCUT2D eigenvalue weighted by atomic mass is 32.2. The largest absolute Gasteiger partial charge is 0.443 e. The molecule has 18 heavy (non-hydrogen) atoms. The standard InChI is InChI=1S/C10H20N2O5S/c1-10(2,3)16-9(13)11-12-6-5-8(7-12)17-18(4,14)15/h8H,5-7H2,1-4H3,(H,11,13)/t8-/m0/s1. The second-order valence-corrected chi connectivity index (χ2v) is 6.87. The van der Waals surface area contributed by atoms with Crippen LogP contribution in [0.1, 0.15) is 27.2 Å². The molecule has 0 saturated carbocycles. The summed E-state index contributed by atoms with van der Waals surface area (Å²) in [6, 6.07) is 0. The molecular weight excluding hydrogens is 260 g/mol. The van der Waals surface area contributed by atoms with Gasteiger partial charge in [0.1, 0.15) is 5.60 Å². The third kappa shape index (κ3) is 6.18. The molecule has 0 unspecified atom stereocenters. The van der Waals surface area contributed by atoms with Gasteiger partial charge in [-0.2, -0.15) is 8.42 Å². The summed E-state index contributed by atoms with van der Waals surface area (Å²) in [7, 11) is -3.46. The number of ether oxygens (including phenoxy) is 1. The predicted molar refractivity (Wildman–Crippen MR) is 65.3 cm³/mol. The van der Waals surface area contributed by atoms with Crippen molar-refractivity contribution in [2.75, 3.05) is 19.3 Å². The van der Waals surface area contributed by atoms with Crippen LogP contribution in [0.3, 0.4) is 0 Å². The van der Waals surface area contributed by atoms with Gasteiger partial charge >= 0.3 is 6.09 Å². The average molecular weight is 280 g/mol.